The lowest BCUT2D eigenvalue weighted by Gasteiger charge is -2.16. The SMILES string of the molecule is CCOCCCNC1CCN(CCc2ccccc2)C1. The maximum atomic E-state index is 5.36. The van der Waals surface area contributed by atoms with Crippen LogP contribution in [0.25, 0.3) is 0 Å². The zero-order chi connectivity index (χ0) is 14.0. The van der Waals surface area contributed by atoms with Crippen LogP contribution in [0, 0.1) is 0 Å². The van der Waals surface area contributed by atoms with Crippen molar-refractivity contribution in [3.05, 3.63) is 35.9 Å². The number of rotatable bonds is 9. The minimum atomic E-state index is 0.674. The van der Waals surface area contributed by atoms with Crippen LogP contribution in [0.15, 0.2) is 30.3 Å². The monoisotopic (exact) mass is 276 g/mol. The Hall–Kier alpha value is -0.900. The summed E-state index contributed by atoms with van der Waals surface area (Å²) in [6.45, 7) is 8.45. The molecule has 1 aliphatic rings. The Kier molecular flexibility index (Phi) is 7.06. The molecule has 0 spiro atoms. The quantitative estimate of drug-likeness (QED) is 0.701. The van der Waals surface area contributed by atoms with E-state index in [-0.39, 0.29) is 0 Å². The molecule has 1 unspecified atom stereocenters. The van der Waals surface area contributed by atoms with E-state index in [1.54, 1.807) is 0 Å². The van der Waals surface area contributed by atoms with Crippen molar-refractivity contribution in [2.45, 2.75) is 32.2 Å². The van der Waals surface area contributed by atoms with E-state index in [0.717, 1.165) is 32.6 Å². The van der Waals surface area contributed by atoms with Crippen LogP contribution in [-0.2, 0) is 11.2 Å². The molecule has 0 aliphatic carbocycles. The Labute approximate surface area is 123 Å². The van der Waals surface area contributed by atoms with Gasteiger partial charge in [0.1, 0.15) is 0 Å². The van der Waals surface area contributed by atoms with E-state index in [4.69, 9.17) is 4.74 Å². The normalized spacial score (nSPS) is 19.6. The van der Waals surface area contributed by atoms with Crippen LogP contribution in [0.3, 0.4) is 0 Å². The zero-order valence-corrected chi connectivity index (χ0v) is 12.7. The standard InChI is InChI=1S/C17H28N2O/c1-2-20-14-6-11-18-17-10-13-19(15-17)12-9-16-7-4-3-5-8-16/h3-5,7-8,17-18H,2,6,9-15H2,1H3. The second kappa shape index (κ2) is 9.11. The highest BCUT2D eigenvalue weighted by molar-refractivity contribution is 5.14. The van der Waals surface area contributed by atoms with Crippen molar-refractivity contribution in [2.75, 3.05) is 39.4 Å². The molecule has 0 bridgehead atoms. The predicted octanol–water partition coefficient (Wildman–Crippen LogP) is 2.32. The number of hydrogen-bond acceptors (Lipinski definition) is 3. The van der Waals surface area contributed by atoms with Gasteiger partial charge in [0.2, 0.25) is 0 Å². The van der Waals surface area contributed by atoms with E-state index in [2.05, 4.69) is 47.5 Å². The second-order valence-corrected chi connectivity index (χ2v) is 5.53. The summed E-state index contributed by atoms with van der Waals surface area (Å²) in [5, 5.41) is 3.65. The minimum absolute atomic E-state index is 0.674. The third-order valence-electron chi connectivity index (χ3n) is 3.93. The van der Waals surface area contributed by atoms with E-state index in [0.29, 0.717) is 6.04 Å². The molecule has 0 amide bonds. The van der Waals surface area contributed by atoms with Crippen molar-refractivity contribution in [3.8, 4) is 0 Å². The van der Waals surface area contributed by atoms with E-state index in [9.17, 15) is 0 Å². The van der Waals surface area contributed by atoms with Crippen molar-refractivity contribution in [1.29, 1.82) is 0 Å². The summed E-state index contributed by atoms with van der Waals surface area (Å²) in [6, 6.07) is 11.5. The molecule has 1 aliphatic heterocycles. The zero-order valence-electron chi connectivity index (χ0n) is 12.7. The smallest absolute Gasteiger partial charge is 0.0477 e. The van der Waals surface area contributed by atoms with E-state index in [1.807, 2.05) is 0 Å². The highest BCUT2D eigenvalue weighted by Crippen LogP contribution is 2.10. The lowest BCUT2D eigenvalue weighted by molar-refractivity contribution is 0.144. The number of nitrogens with one attached hydrogen (secondary N) is 1. The molecule has 3 nitrogen and oxygen atoms in total. The minimum Gasteiger partial charge on any atom is -0.382 e. The molecule has 3 heteroatoms. The van der Waals surface area contributed by atoms with Crippen molar-refractivity contribution >= 4 is 0 Å². The van der Waals surface area contributed by atoms with Gasteiger partial charge in [-0.3, -0.25) is 0 Å². The Morgan fingerprint density at radius 2 is 2.15 bits per heavy atom. The summed E-state index contributed by atoms with van der Waals surface area (Å²) >= 11 is 0. The summed E-state index contributed by atoms with van der Waals surface area (Å²) in [5.74, 6) is 0. The number of nitrogens with zero attached hydrogens (tertiary/aromatic N) is 1. The van der Waals surface area contributed by atoms with Crippen LogP contribution >= 0.6 is 0 Å². The topological polar surface area (TPSA) is 24.5 Å². The number of hydrogen-bond donors (Lipinski definition) is 1. The molecule has 0 aromatic heterocycles. The summed E-state index contributed by atoms with van der Waals surface area (Å²) in [5.41, 5.74) is 1.45. The summed E-state index contributed by atoms with van der Waals surface area (Å²) < 4.78 is 5.36. The Balaban J connectivity index is 1.56. The third kappa shape index (κ3) is 5.61. The maximum Gasteiger partial charge on any atom is 0.0477 e. The number of likely N-dealkylation sites (tertiary alicyclic amines) is 1. The summed E-state index contributed by atoms with van der Waals surface area (Å²) in [4.78, 5) is 2.58. The van der Waals surface area contributed by atoms with Gasteiger partial charge in [-0.25, -0.2) is 0 Å². The van der Waals surface area contributed by atoms with Crippen LogP contribution in [0.1, 0.15) is 25.3 Å². The fourth-order valence-electron chi connectivity index (χ4n) is 2.76. The van der Waals surface area contributed by atoms with Gasteiger partial charge in [-0.1, -0.05) is 30.3 Å². The van der Waals surface area contributed by atoms with Crippen LogP contribution in [0.5, 0.6) is 0 Å². The van der Waals surface area contributed by atoms with E-state index >= 15 is 0 Å². The Morgan fingerprint density at radius 1 is 1.30 bits per heavy atom. The van der Waals surface area contributed by atoms with Crippen molar-refractivity contribution in [1.82, 2.24) is 10.2 Å². The highest BCUT2D eigenvalue weighted by atomic mass is 16.5. The number of benzene rings is 1. The van der Waals surface area contributed by atoms with E-state index in [1.165, 1.54) is 31.6 Å². The molecule has 2 rings (SSSR count). The molecule has 20 heavy (non-hydrogen) atoms. The largest absolute Gasteiger partial charge is 0.382 e. The van der Waals surface area contributed by atoms with Gasteiger partial charge >= 0.3 is 0 Å². The van der Waals surface area contributed by atoms with Gasteiger partial charge in [0.15, 0.2) is 0 Å². The van der Waals surface area contributed by atoms with E-state index < -0.39 is 0 Å². The molecular formula is C17H28N2O. The summed E-state index contributed by atoms with van der Waals surface area (Å²) in [6.07, 6.45) is 3.57. The molecule has 1 heterocycles. The Morgan fingerprint density at radius 3 is 2.95 bits per heavy atom. The van der Waals surface area contributed by atoms with Crippen LogP contribution in [0.4, 0.5) is 0 Å². The molecule has 1 N–H and O–H groups in total. The molecule has 1 saturated heterocycles. The molecule has 0 saturated carbocycles. The lowest BCUT2D eigenvalue weighted by Crippen LogP contribution is -2.34. The number of ether oxygens (including phenoxy) is 1. The molecule has 1 aromatic carbocycles. The fraction of sp³-hybridized carbons (Fsp3) is 0.647. The first-order valence-electron chi connectivity index (χ1n) is 7.96. The Bertz CT molecular complexity index is 355. The van der Waals surface area contributed by atoms with Gasteiger partial charge in [-0.05, 0) is 44.8 Å². The molecule has 1 aromatic rings. The molecular weight excluding hydrogens is 248 g/mol. The van der Waals surface area contributed by atoms with Crippen molar-refractivity contribution in [3.63, 3.8) is 0 Å². The fourth-order valence-corrected chi connectivity index (χ4v) is 2.76. The van der Waals surface area contributed by atoms with Gasteiger partial charge in [0, 0.05) is 32.3 Å². The highest BCUT2D eigenvalue weighted by Gasteiger charge is 2.21. The third-order valence-corrected chi connectivity index (χ3v) is 3.93. The first kappa shape index (κ1) is 15.5. The summed E-state index contributed by atoms with van der Waals surface area (Å²) in [7, 11) is 0. The average molecular weight is 276 g/mol. The van der Waals surface area contributed by atoms with Crippen molar-refractivity contribution in [2.24, 2.45) is 0 Å². The molecule has 1 fully saturated rings. The lowest BCUT2D eigenvalue weighted by atomic mass is 10.1. The van der Waals surface area contributed by atoms with Crippen LogP contribution in [0.2, 0.25) is 0 Å². The molecule has 0 radical (unpaired) electrons. The predicted molar refractivity (Wildman–Crippen MR) is 84.1 cm³/mol. The van der Waals surface area contributed by atoms with Crippen molar-refractivity contribution < 1.29 is 4.74 Å². The average Bonchev–Trinajstić information content (AvgIpc) is 2.94. The van der Waals surface area contributed by atoms with Gasteiger partial charge in [0.25, 0.3) is 0 Å². The van der Waals surface area contributed by atoms with Gasteiger partial charge < -0.3 is 15.0 Å². The molecule has 1 atom stereocenters. The van der Waals surface area contributed by atoms with Crippen LogP contribution in [-0.4, -0.2) is 50.3 Å². The van der Waals surface area contributed by atoms with Gasteiger partial charge in [0.05, 0.1) is 0 Å². The first-order chi connectivity index (χ1) is 9.88. The second-order valence-electron chi connectivity index (χ2n) is 5.53. The van der Waals surface area contributed by atoms with Crippen LogP contribution < -0.4 is 5.32 Å². The molecule has 112 valence electrons. The van der Waals surface area contributed by atoms with Gasteiger partial charge in [-0.2, -0.15) is 0 Å². The first-order valence-corrected chi connectivity index (χ1v) is 7.96. The maximum absolute atomic E-state index is 5.36. The van der Waals surface area contributed by atoms with Gasteiger partial charge in [-0.15, -0.1) is 0 Å².